The summed E-state index contributed by atoms with van der Waals surface area (Å²) in [5, 5.41) is 19.4. The Morgan fingerprint density at radius 1 is 0.647 bits per heavy atom. The van der Waals surface area contributed by atoms with Crippen molar-refractivity contribution in [1.82, 2.24) is 9.80 Å². The Morgan fingerprint density at radius 3 is 1.59 bits per heavy atom. The maximum Gasteiger partial charge on any atom is 0.0701 e. The number of unbranched alkanes of at least 4 members (excludes halogenated alkanes) is 5. The molecule has 34 heavy (non-hydrogen) atoms. The number of rotatable bonds is 12. The maximum atomic E-state index is 10.2. The second-order valence-corrected chi connectivity index (χ2v) is 9.78. The topological polar surface area (TPSA) is 83.9 Å². The second kappa shape index (κ2) is 21.9. The standard InChI is InChI=1S/C26H54N2O6/c1-3-4-5-6-7-8-9-26(2,25-30)24-28-13-18-33-22-20-31-16-11-27(10-15-29)12-17-32-21-23-34-19-14-28/h29-30H,3-25H2,1-2H3. The van der Waals surface area contributed by atoms with Gasteiger partial charge >= 0.3 is 0 Å². The van der Waals surface area contributed by atoms with Crippen LogP contribution in [0, 0.1) is 5.41 Å². The van der Waals surface area contributed by atoms with E-state index >= 15 is 0 Å². The number of nitrogens with zero attached hydrogens (tertiary/aromatic N) is 2. The lowest BCUT2D eigenvalue weighted by atomic mass is 9.84. The Hall–Kier alpha value is -0.320. The van der Waals surface area contributed by atoms with E-state index in [9.17, 15) is 10.2 Å². The zero-order chi connectivity index (χ0) is 24.7. The normalized spacial score (nSPS) is 21.5. The third-order valence-electron chi connectivity index (χ3n) is 6.49. The Labute approximate surface area is 208 Å². The number of ether oxygens (including phenoxy) is 4. The van der Waals surface area contributed by atoms with Crippen LogP contribution in [0.4, 0.5) is 0 Å². The molecule has 204 valence electrons. The fraction of sp³-hybridized carbons (Fsp3) is 1.00. The molecule has 0 aromatic carbocycles. The van der Waals surface area contributed by atoms with Crippen molar-refractivity contribution >= 4 is 0 Å². The van der Waals surface area contributed by atoms with E-state index in [-0.39, 0.29) is 18.6 Å². The highest BCUT2D eigenvalue weighted by molar-refractivity contribution is 4.78. The number of β-amino-alcohol motifs (C(OH)–C–C–N with tert-alkyl or cyclic N) is 1. The van der Waals surface area contributed by atoms with Gasteiger partial charge in [0, 0.05) is 51.3 Å². The van der Waals surface area contributed by atoms with E-state index in [1.807, 2.05) is 0 Å². The van der Waals surface area contributed by atoms with Crippen LogP contribution in [0.1, 0.15) is 58.8 Å². The van der Waals surface area contributed by atoms with Crippen molar-refractivity contribution in [3.05, 3.63) is 0 Å². The molecule has 1 heterocycles. The first kappa shape index (κ1) is 31.7. The molecule has 2 N–H and O–H groups in total. The fourth-order valence-corrected chi connectivity index (χ4v) is 4.25. The number of aliphatic hydroxyl groups is 2. The summed E-state index contributed by atoms with van der Waals surface area (Å²) in [4.78, 5) is 4.51. The molecular formula is C26H54N2O6. The minimum Gasteiger partial charge on any atom is -0.396 e. The SMILES string of the molecule is CCCCCCCCC(C)(CO)CN1CCOCCOCCN(CCO)CCOCCOCC1. The summed E-state index contributed by atoms with van der Waals surface area (Å²) < 4.78 is 23.1. The predicted octanol–water partition coefficient (Wildman–Crippen LogP) is 2.41. The van der Waals surface area contributed by atoms with Crippen LogP contribution in [0.5, 0.6) is 0 Å². The maximum absolute atomic E-state index is 10.2. The first-order valence-electron chi connectivity index (χ1n) is 13.6. The molecule has 1 atom stereocenters. The Kier molecular flexibility index (Phi) is 20.4. The van der Waals surface area contributed by atoms with E-state index in [0.29, 0.717) is 59.4 Å². The monoisotopic (exact) mass is 490 g/mol. The molecular weight excluding hydrogens is 436 g/mol. The van der Waals surface area contributed by atoms with E-state index < -0.39 is 0 Å². The van der Waals surface area contributed by atoms with Gasteiger partial charge in [-0.3, -0.25) is 9.80 Å². The Bertz CT molecular complexity index is 426. The van der Waals surface area contributed by atoms with Crippen LogP contribution >= 0.6 is 0 Å². The molecule has 0 aliphatic carbocycles. The average molecular weight is 491 g/mol. The molecule has 0 bridgehead atoms. The van der Waals surface area contributed by atoms with Crippen LogP contribution in [-0.2, 0) is 18.9 Å². The first-order chi connectivity index (χ1) is 16.6. The van der Waals surface area contributed by atoms with Crippen molar-refractivity contribution < 1.29 is 29.2 Å². The summed E-state index contributed by atoms with van der Waals surface area (Å²) in [6.45, 7) is 14.2. The van der Waals surface area contributed by atoms with Crippen LogP contribution in [0.15, 0.2) is 0 Å². The molecule has 8 heteroatoms. The zero-order valence-corrected chi connectivity index (χ0v) is 22.2. The molecule has 1 fully saturated rings. The lowest BCUT2D eigenvalue weighted by Gasteiger charge is -2.34. The third kappa shape index (κ3) is 17.2. The summed E-state index contributed by atoms with van der Waals surface area (Å²) >= 11 is 0. The van der Waals surface area contributed by atoms with E-state index in [1.54, 1.807) is 0 Å². The highest BCUT2D eigenvalue weighted by atomic mass is 16.5. The summed E-state index contributed by atoms with van der Waals surface area (Å²) in [6.07, 6.45) is 8.68. The molecule has 0 radical (unpaired) electrons. The van der Waals surface area contributed by atoms with Crippen molar-refractivity contribution in [2.75, 3.05) is 105 Å². The van der Waals surface area contributed by atoms with Gasteiger partial charge in [0.05, 0.1) is 59.5 Å². The Morgan fingerprint density at radius 2 is 1.12 bits per heavy atom. The molecule has 0 aromatic heterocycles. The van der Waals surface area contributed by atoms with Gasteiger partial charge in [-0.05, 0) is 6.42 Å². The molecule has 0 saturated carbocycles. The highest BCUT2D eigenvalue weighted by Gasteiger charge is 2.26. The molecule has 0 amide bonds. The van der Waals surface area contributed by atoms with E-state index in [4.69, 9.17) is 18.9 Å². The minimum atomic E-state index is -0.103. The lowest BCUT2D eigenvalue weighted by Crippen LogP contribution is -2.41. The molecule has 1 unspecified atom stereocenters. The average Bonchev–Trinajstić information content (AvgIpc) is 2.83. The largest absolute Gasteiger partial charge is 0.396 e. The molecule has 0 aromatic rings. The van der Waals surface area contributed by atoms with Gasteiger partial charge < -0.3 is 29.2 Å². The van der Waals surface area contributed by atoms with Crippen LogP contribution in [0.25, 0.3) is 0 Å². The number of aliphatic hydroxyl groups excluding tert-OH is 2. The van der Waals surface area contributed by atoms with Crippen LogP contribution in [-0.4, -0.2) is 125 Å². The second-order valence-electron chi connectivity index (χ2n) is 9.78. The van der Waals surface area contributed by atoms with Crippen molar-refractivity contribution in [2.24, 2.45) is 5.41 Å². The first-order valence-corrected chi connectivity index (χ1v) is 13.6. The van der Waals surface area contributed by atoms with Gasteiger partial charge in [-0.1, -0.05) is 52.4 Å². The van der Waals surface area contributed by atoms with Crippen LogP contribution in [0.3, 0.4) is 0 Å². The van der Waals surface area contributed by atoms with Crippen molar-refractivity contribution in [3.63, 3.8) is 0 Å². The smallest absolute Gasteiger partial charge is 0.0701 e. The quantitative estimate of drug-likeness (QED) is 0.404. The van der Waals surface area contributed by atoms with E-state index in [0.717, 1.165) is 39.1 Å². The lowest BCUT2D eigenvalue weighted by molar-refractivity contribution is -0.00277. The van der Waals surface area contributed by atoms with Gasteiger partial charge in [0.2, 0.25) is 0 Å². The van der Waals surface area contributed by atoms with Crippen LogP contribution < -0.4 is 0 Å². The van der Waals surface area contributed by atoms with Gasteiger partial charge in [0.25, 0.3) is 0 Å². The van der Waals surface area contributed by atoms with E-state index in [2.05, 4.69) is 23.6 Å². The third-order valence-corrected chi connectivity index (χ3v) is 6.49. The minimum absolute atomic E-state index is 0.103. The molecule has 1 rings (SSSR count). The van der Waals surface area contributed by atoms with Gasteiger partial charge in [-0.15, -0.1) is 0 Å². The van der Waals surface area contributed by atoms with Gasteiger partial charge in [-0.2, -0.15) is 0 Å². The molecule has 8 nitrogen and oxygen atoms in total. The molecule has 1 saturated heterocycles. The summed E-state index contributed by atoms with van der Waals surface area (Å²) in [5.41, 5.74) is -0.103. The summed E-state index contributed by atoms with van der Waals surface area (Å²) in [6, 6.07) is 0. The number of hydrogen-bond donors (Lipinski definition) is 2. The molecule has 0 spiro atoms. The fourth-order valence-electron chi connectivity index (χ4n) is 4.25. The predicted molar refractivity (Wildman–Crippen MR) is 136 cm³/mol. The molecule has 1 aliphatic rings. The highest BCUT2D eigenvalue weighted by Crippen LogP contribution is 2.26. The van der Waals surface area contributed by atoms with Crippen molar-refractivity contribution in [3.8, 4) is 0 Å². The zero-order valence-electron chi connectivity index (χ0n) is 22.2. The van der Waals surface area contributed by atoms with Gasteiger partial charge in [-0.25, -0.2) is 0 Å². The molecule has 1 aliphatic heterocycles. The van der Waals surface area contributed by atoms with Gasteiger partial charge in [0.15, 0.2) is 0 Å². The number of hydrogen-bond acceptors (Lipinski definition) is 8. The van der Waals surface area contributed by atoms with Crippen LogP contribution in [0.2, 0.25) is 0 Å². The van der Waals surface area contributed by atoms with Crippen molar-refractivity contribution in [1.29, 1.82) is 0 Å². The van der Waals surface area contributed by atoms with E-state index in [1.165, 1.54) is 38.5 Å². The Balaban J connectivity index is 2.46. The summed E-state index contributed by atoms with van der Waals surface area (Å²) in [5.74, 6) is 0. The van der Waals surface area contributed by atoms with Gasteiger partial charge in [0.1, 0.15) is 0 Å². The summed E-state index contributed by atoms with van der Waals surface area (Å²) in [7, 11) is 0. The van der Waals surface area contributed by atoms with Crippen molar-refractivity contribution in [2.45, 2.75) is 58.8 Å².